The molecule has 0 radical (unpaired) electrons. The van der Waals surface area contributed by atoms with Crippen molar-refractivity contribution in [2.24, 2.45) is 5.14 Å². The molecule has 1 saturated heterocycles. The summed E-state index contributed by atoms with van der Waals surface area (Å²) in [5, 5.41) is 12.4. The fraction of sp³-hybridized carbons (Fsp3) is 0.448. The second-order valence-electron chi connectivity index (χ2n) is 10.1. The van der Waals surface area contributed by atoms with Gasteiger partial charge in [0.05, 0.1) is 35.4 Å². The highest BCUT2D eigenvalue weighted by Gasteiger charge is 2.30. The zero-order chi connectivity index (χ0) is 30.3. The number of anilines is 2. The van der Waals surface area contributed by atoms with Gasteiger partial charge in [0.2, 0.25) is 10.0 Å². The van der Waals surface area contributed by atoms with E-state index in [2.05, 4.69) is 27.4 Å². The van der Waals surface area contributed by atoms with Crippen molar-refractivity contribution in [3.8, 4) is 17.6 Å². The van der Waals surface area contributed by atoms with Crippen LogP contribution in [0.5, 0.6) is 5.75 Å². The number of aromatic nitrogens is 1. The van der Waals surface area contributed by atoms with Gasteiger partial charge in [0, 0.05) is 56.5 Å². The molecule has 13 heteroatoms. The van der Waals surface area contributed by atoms with E-state index in [4.69, 9.17) is 14.6 Å². The van der Waals surface area contributed by atoms with Crippen LogP contribution in [0.25, 0.3) is 10.9 Å². The molecule has 0 aliphatic carbocycles. The number of primary sulfonamides is 1. The Hall–Kier alpha value is -3.44. The number of fused-ring (bicyclic) bond motifs is 1. The molecule has 42 heavy (non-hydrogen) atoms. The Morgan fingerprint density at radius 2 is 1.86 bits per heavy atom. The summed E-state index contributed by atoms with van der Waals surface area (Å²) in [6.07, 6.45) is -1.57. The summed E-state index contributed by atoms with van der Waals surface area (Å²) in [6.45, 7) is 2.53. The number of nitrogens with zero attached hydrogens (tertiary/aromatic N) is 2. The molecule has 9 nitrogen and oxygen atoms in total. The van der Waals surface area contributed by atoms with Gasteiger partial charge in [-0.25, -0.2) is 13.6 Å². The Morgan fingerprint density at radius 1 is 1.10 bits per heavy atom. The van der Waals surface area contributed by atoms with Crippen molar-refractivity contribution in [3.05, 3.63) is 48.2 Å². The molecule has 2 aromatic carbocycles. The van der Waals surface area contributed by atoms with Crippen molar-refractivity contribution in [3.63, 3.8) is 0 Å². The maximum atomic E-state index is 13.6. The molecule has 0 atom stereocenters. The molecule has 1 fully saturated rings. The summed E-state index contributed by atoms with van der Waals surface area (Å²) in [4.78, 5) is 2.30. The van der Waals surface area contributed by atoms with E-state index in [9.17, 15) is 21.6 Å². The number of benzene rings is 2. The van der Waals surface area contributed by atoms with E-state index in [0.29, 0.717) is 16.6 Å². The topological polar surface area (TPSA) is 111 Å². The van der Waals surface area contributed by atoms with Crippen molar-refractivity contribution in [2.75, 3.05) is 57.6 Å². The van der Waals surface area contributed by atoms with Gasteiger partial charge in [0.15, 0.2) is 0 Å². The Morgan fingerprint density at radius 3 is 2.52 bits per heavy atom. The van der Waals surface area contributed by atoms with Crippen molar-refractivity contribution in [1.82, 2.24) is 9.47 Å². The van der Waals surface area contributed by atoms with Crippen LogP contribution in [0.4, 0.5) is 24.5 Å². The van der Waals surface area contributed by atoms with Gasteiger partial charge in [0.1, 0.15) is 12.3 Å². The molecular formula is C29H36F3N5O4S. The molecule has 1 aliphatic heterocycles. The molecule has 1 aliphatic rings. The summed E-state index contributed by atoms with van der Waals surface area (Å²) >= 11 is 0. The lowest BCUT2D eigenvalue weighted by molar-refractivity contribution is -0.140. The maximum Gasteiger partial charge on any atom is 0.406 e. The second kappa shape index (κ2) is 13.7. The quantitative estimate of drug-likeness (QED) is 0.221. The molecule has 0 spiro atoms. The molecule has 4 N–H and O–H groups in total. The summed E-state index contributed by atoms with van der Waals surface area (Å²) in [5.41, 5.74) is 1.94. The van der Waals surface area contributed by atoms with E-state index in [-0.39, 0.29) is 28.9 Å². The van der Waals surface area contributed by atoms with Crippen LogP contribution in [0.2, 0.25) is 0 Å². The van der Waals surface area contributed by atoms with Gasteiger partial charge in [-0.05, 0) is 55.5 Å². The lowest BCUT2D eigenvalue weighted by Crippen LogP contribution is -2.39. The number of hydrogen-bond acceptors (Lipinski definition) is 7. The number of piperidine rings is 1. The molecule has 1 aromatic heterocycles. The van der Waals surface area contributed by atoms with Gasteiger partial charge in [0.25, 0.3) is 0 Å². The summed E-state index contributed by atoms with van der Waals surface area (Å²) in [5.74, 6) is 6.00. The number of nitrogens with one attached hydrogen (secondary N) is 2. The van der Waals surface area contributed by atoms with Crippen LogP contribution >= 0.6 is 0 Å². The van der Waals surface area contributed by atoms with Crippen molar-refractivity contribution >= 4 is 32.3 Å². The normalized spacial score (nSPS) is 14.9. The zero-order valence-corrected chi connectivity index (χ0v) is 24.4. The Kier molecular flexibility index (Phi) is 10.3. The van der Waals surface area contributed by atoms with Crippen LogP contribution in [-0.4, -0.2) is 77.1 Å². The summed E-state index contributed by atoms with van der Waals surface area (Å²) in [6, 6.07) is 11.3. The third-order valence-electron chi connectivity index (χ3n) is 7.14. The Balaban J connectivity index is 1.52. The molecule has 4 rings (SSSR count). The van der Waals surface area contributed by atoms with Crippen LogP contribution in [0.3, 0.4) is 0 Å². The monoisotopic (exact) mass is 607 g/mol. The van der Waals surface area contributed by atoms with Gasteiger partial charge >= 0.3 is 6.18 Å². The van der Waals surface area contributed by atoms with E-state index in [1.54, 1.807) is 25.3 Å². The number of halogens is 3. The average Bonchev–Trinajstić information content (AvgIpc) is 3.28. The van der Waals surface area contributed by atoms with E-state index >= 15 is 0 Å². The van der Waals surface area contributed by atoms with Crippen LogP contribution in [0.1, 0.15) is 25.0 Å². The molecule has 0 saturated carbocycles. The molecular weight excluding hydrogens is 571 g/mol. The number of rotatable bonds is 11. The van der Waals surface area contributed by atoms with Crippen LogP contribution in [0.15, 0.2) is 47.4 Å². The largest absolute Gasteiger partial charge is 0.495 e. The van der Waals surface area contributed by atoms with Gasteiger partial charge < -0.3 is 29.6 Å². The highest BCUT2D eigenvalue weighted by Crippen LogP contribution is 2.31. The molecule has 2 heterocycles. The number of ether oxygens (including phenoxy) is 2. The van der Waals surface area contributed by atoms with E-state index in [1.807, 2.05) is 6.07 Å². The van der Waals surface area contributed by atoms with Gasteiger partial charge in [-0.3, -0.25) is 0 Å². The van der Waals surface area contributed by atoms with Gasteiger partial charge in [-0.15, -0.1) is 0 Å². The van der Waals surface area contributed by atoms with Crippen LogP contribution in [0, 0.1) is 11.8 Å². The maximum absolute atomic E-state index is 13.6. The minimum atomic E-state index is -4.43. The zero-order valence-electron chi connectivity index (χ0n) is 23.6. The molecule has 3 aromatic rings. The number of nitrogens with two attached hydrogens (primary N) is 1. The number of hydrogen-bond donors (Lipinski definition) is 3. The van der Waals surface area contributed by atoms with Crippen LogP contribution in [-0.2, 0) is 21.3 Å². The van der Waals surface area contributed by atoms with Crippen molar-refractivity contribution in [1.29, 1.82) is 0 Å². The third-order valence-corrected chi connectivity index (χ3v) is 8.05. The minimum Gasteiger partial charge on any atom is -0.495 e. The van der Waals surface area contributed by atoms with Crippen molar-refractivity contribution < 1.29 is 31.1 Å². The second-order valence-corrected chi connectivity index (χ2v) is 11.7. The Labute approximate surface area is 244 Å². The first-order valence-corrected chi connectivity index (χ1v) is 15.1. The SMILES string of the molecule is COCCCN1CCC(Nc2cccc3c2cc(C#CCNc2ccc(S(N)(=O)=O)cc2OC)n3CC(F)(F)F)CC1. The van der Waals surface area contributed by atoms with Gasteiger partial charge in [-0.1, -0.05) is 12.0 Å². The van der Waals surface area contributed by atoms with Crippen LogP contribution < -0.4 is 20.5 Å². The van der Waals surface area contributed by atoms with Gasteiger partial charge in [-0.2, -0.15) is 13.2 Å². The van der Waals surface area contributed by atoms with Crippen molar-refractivity contribution in [2.45, 2.75) is 42.9 Å². The summed E-state index contributed by atoms with van der Waals surface area (Å²) in [7, 11) is -0.828. The lowest BCUT2D eigenvalue weighted by Gasteiger charge is -2.33. The first kappa shape index (κ1) is 31.5. The number of likely N-dealkylation sites (tertiary alicyclic amines) is 1. The number of sulfonamides is 1. The minimum absolute atomic E-state index is 0.0761. The molecule has 0 amide bonds. The standard InChI is InChI=1S/C29H36F3N5O4S/c1-40-17-5-14-36-15-11-21(12-16-36)35-25-7-3-8-27-24(25)18-22(37(27)20-29(30,31)32)6-4-13-34-26-10-9-23(42(33,38)39)19-28(26)41-2/h3,7-10,18-19,21,34-35H,5,11-17,20H2,1-2H3,(H2,33,38,39). The average molecular weight is 608 g/mol. The first-order valence-electron chi connectivity index (χ1n) is 13.6. The fourth-order valence-electron chi connectivity index (χ4n) is 5.09. The lowest BCUT2D eigenvalue weighted by atomic mass is 10.0. The van der Waals surface area contributed by atoms with E-state index in [1.165, 1.54) is 29.9 Å². The predicted molar refractivity (Wildman–Crippen MR) is 157 cm³/mol. The van der Waals surface area contributed by atoms with E-state index < -0.39 is 22.7 Å². The smallest absolute Gasteiger partial charge is 0.406 e. The highest BCUT2D eigenvalue weighted by atomic mass is 32.2. The summed E-state index contributed by atoms with van der Waals surface area (Å²) < 4.78 is 75.5. The first-order chi connectivity index (χ1) is 20.0. The van der Waals surface area contributed by atoms with E-state index in [0.717, 1.165) is 51.2 Å². The third kappa shape index (κ3) is 8.32. The molecule has 0 bridgehead atoms. The molecule has 228 valence electrons. The fourth-order valence-corrected chi connectivity index (χ4v) is 5.61. The molecule has 0 unspecified atom stereocenters. The Bertz CT molecular complexity index is 1540. The number of alkyl halides is 3. The predicted octanol–water partition coefficient (Wildman–Crippen LogP) is 4.24. The number of methoxy groups -OCH3 is 2. The highest BCUT2D eigenvalue weighted by molar-refractivity contribution is 7.89.